The molecule has 0 spiro atoms. The minimum Gasteiger partial charge on any atom is -0.342 e. The van der Waals surface area contributed by atoms with Crippen LogP contribution in [0, 0.1) is 0 Å². The van der Waals surface area contributed by atoms with Gasteiger partial charge in [-0.25, -0.2) is 0 Å². The molecule has 0 atom stereocenters. The molecule has 0 aliphatic rings. The Morgan fingerprint density at radius 1 is 0.870 bits per heavy atom. The molecule has 0 N–H and O–H groups in total. The maximum absolute atomic E-state index is 2.55. The van der Waals surface area contributed by atoms with Gasteiger partial charge >= 0.3 is 0 Å². The predicted molar refractivity (Wildman–Crippen MR) is 112 cm³/mol. The van der Waals surface area contributed by atoms with Crippen LogP contribution >= 0.6 is 35.3 Å². The first-order chi connectivity index (χ1) is 11.3. The Labute approximate surface area is 154 Å². The molecule has 0 fully saturated rings. The van der Waals surface area contributed by atoms with Crippen molar-refractivity contribution in [2.75, 3.05) is 23.0 Å². The van der Waals surface area contributed by atoms with Crippen LogP contribution in [0.3, 0.4) is 0 Å². The molecule has 0 aliphatic heterocycles. The van der Waals surface area contributed by atoms with Crippen LogP contribution in [0.2, 0.25) is 0 Å². The Hall–Kier alpha value is -0.450. The SMILES string of the molecule is CCSCCn1c(-c2ccccc2)ccc1C(SCC)SCC. The average molecular weight is 366 g/mol. The molecule has 0 radical (unpaired) electrons. The lowest BCUT2D eigenvalue weighted by Crippen LogP contribution is -2.08. The lowest BCUT2D eigenvalue weighted by Gasteiger charge is -2.20. The van der Waals surface area contributed by atoms with Gasteiger partial charge in [-0.1, -0.05) is 51.1 Å². The van der Waals surface area contributed by atoms with Crippen molar-refractivity contribution >= 4 is 35.3 Å². The van der Waals surface area contributed by atoms with Gasteiger partial charge in [-0.3, -0.25) is 0 Å². The Morgan fingerprint density at radius 2 is 1.57 bits per heavy atom. The van der Waals surface area contributed by atoms with Crippen molar-refractivity contribution in [2.24, 2.45) is 0 Å². The number of rotatable bonds is 10. The van der Waals surface area contributed by atoms with Gasteiger partial charge in [-0.05, 0) is 35.0 Å². The summed E-state index contributed by atoms with van der Waals surface area (Å²) >= 11 is 6.13. The van der Waals surface area contributed by atoms with Crippen LogP contribution in [0.1, 0.15) is 31.0 Å². The third-order valence-corrected chi connectivity index (χ3v) is 7.08. The smallest absolute Gasteiger partial charge is 0.0901 e. The van der Waals surface area contributed by atoms with Crippen LogP contribution in [-0.4, -0.2) is 27.6 Å². The third-order valence-electron chi connectivity index (χ3n) is 3.62. The molecular formula is C19H27NS3. The first-order valence-corrected chi connectivity index (χ1v) is 11.6. The average Bonchev–Trinajstić information content (AvgIpc) is 2.99. The molecule has 2 rings (SSSR count). The molecule has 1 aromatic carbocycles. The monoisotopic (exact) mass is 365 g/mol. The molecular weight excluding hydrogens is 338 g/mol. The fourth-order valence-corrected chi connectivity index (χ4v) is 5.78. The predicted octanol–water partition coefficient (Wildman–Crippen LogP) is 6.41. The summed E-state index contributed by atoms with van der Waals surface area (Å²) < 4.78 is 3.09. The van der Waals surface area contributed by atoms with E-state index in [1.807, 2.05) is 11.8 Å². The van der Waals surface area contributed by atoms with E-state index in [0.29, 0.717) is 4.58 Å². The van der Waals surface area contributed by atoms with Crippen molar-refractivity contribution in [3.8, 4) is 11.3 Å². The molecule has 0 bridgehead atoms. The number of thioether (sulfide) groups is 3. The maximum Gasteiger partial charge on any atom is 0.0901 e. The standard InChI is InChI=1S/C19H27NS3/c1-4-21-15-14-20-17(16-10-8-7-9-11-16)12-13-18(20)19(22-5-2)23-6-3/h7-13,19H,4-6,14-15H2,1-3H3. The summed E-state index contributed by atoms with van der Waals surface area (Å²) in [6, 6.07) is 15.4. The van der Waals surface area contributed by atoms with Gasteiger partial charge in [0.1, 0.15) is 0 Å². The summed E-state index contributed by atoms with van der Waals surface area (Å²) in [6.45, 7) is 7.84. The molecule has 2 aromatic rings. The molecule has 0 amide bonds. The van der Waals surface area contributed by atoms with E-state index in [-0.39, 0.29) is 0 Å². The second-order valence-electron chi connectivity index (χ2n) is 5.10. The highest BCUT2D eigenvalue weighted by molar-refractivity contribution is 8.16. The fraction of sp³-hybridized carbons (Fsp3) is 0.474. The number of benzene rings is 1. The Balaban J connectivity index is 2.35. The lowest BCUT2D eigenvalue weighted by molar-refractivity contribution is 0.752. The van der Waals surface area contributed by atoms with Crippen LogP contribution in [-0.2, 0) is 6.54 Å². The largest absolute Gasteiger partial charge is 0.342 e. The number of hydrogen-bond acceptors (Lipinski definition) is 3. The quantitative estimate of drug-likeness (QED) is 0.354. The van der Waals surface area contributed by atoms with Crippen molar-refractivity contribution in [3.05, 3.63) is 48.2 Å². The van der Waals surface area contributed by atoms with Gasteiger partial charge < -0.3 is 4.57 Å². The van der Waals surface area contributed by atoms with E-state index < -0.39 is 0 Å². The number of aromatic nitrogens is 1. The molecule has 4 heteroatoms. The van der Waals surface area contributed by atoms with E-state index >= 15 is 0 Å². The van der Waals surface area contributed by atoms with Gasteiger partial charge in [-0.15, -0.1) is 23.5 Å². The van der Waals surface area contributed by atoms with E-state index in [4.69, 9.17) is 0 Å². The summed E-state index contributed by atoms with van der Waals surface area (Å²) in [5, 5.41) is 0. The second kappa shape index (κ2) is 10.4. The first-order valence-electron chi connectivity index (χ1n) is 8.37. The normalized spacial score (nSPS) is 11.3. The topological polar surface area (TPSA) is 4.93 Å². The molecule has 126 valence electrons. The van der Waals surface area contributed by atoms with E-state index in [9.17, 15) is 0 Å². The lowest BCUT2D eigenvalue weighted by atomic mass is 10.1. The highest BCUT2D eigenvalue weighted by Gasteiger charge is 2.18. The Morgan fingerprint density at radius 3 is 2.17 bits per heavy atom. The summed E-state index contributed by atoms with van der Waals surface area (Å²) in [5.74, 6) is 4.69. The molecule has 23 heavy (non-hydrogen) atoms. The van der Waals surface area contributed by atoms with E-state index in [2.05, 4.69) is 91.3 Å². The van der Waals surface area contributed by atoms with E-state index in [1.165, 1.54) is 28.5 Å². The van der Waals surface area contributed by atoms with Crippen molar-refractivity contribution in [3.63, 3.8) is 0 Å². The zero-order valence-corrected chi connectivity index (χ0v) is 16.8. The Bertz CT molecular complexity index is 559. The Kier molecular flexibility index (Phi) is 8.56. The van der Waals surface area contributed by atoms with Crippen LogP contribution in [0.4, 0.5) is 0 Å². The van der Waals surface area contributed by atoms with E-state index in [1.54, 1.807) is 0 Å². The number of hydrogen-bond donors (Lipinski definition) is 0. The van der Waals surface area contributed by atoms with E-state index in [0.717, 1.165) is 18.1 Å². The molecule has 0 saturated carbocycles. The molecule has 0 saturated heterocycles. The minimum atomic E-state index is 0.536. The van der Waals surface area contributed by atoms with Crippen LogP contribution < -0.4 is 0 Å². The van der Waals surface area contributed by atoms with Gasteiger partial charge in [0.2, 0.25) is 0 Å². The summed E-state index contributed by atoms with van der Waals surface area (Å²) in [6.07, 6.45) is 0. The molecule has 0 aliphatic carbocycles. The van der Waals surface area contributed by atoms with Crippen molar-refractivity contribution in [2.45, 2.75) is 31.9 Å². The van der Waals surface area contributed by atoms with Crippen molar-refractivity contribution in [1.82, 2.24) is 4.57 Å². The second-order valence-corrected chi connectivity index (χ2v) is 9.56. The van der Waals surface area contributed by atoms with Crippen LogP contribution in [0.15, 0.2) is 42.5 Å². The maximum atomic E-state index is 2.55. The highest BCUT2D eigenvalue weighted by Crippen LogP contribution is 2.41. The zero-order valence-electron chi connectivity index (χ0n) is 14.3. The van der Waals surface area contributed by atoms with Gasteiger partial charge in [0.05, 0.1) is 4.58 Å². The number of nitrogens with zero attached hydrogens (tertiary/aromatic N) is 1. The van der Waals surface area contributed by atoms with Gasteiger partial charge in [-0.2, -0.15) is 11.8 Å². The van der Waals surface area contributed by atoms with Crippen molar-refractivity contribution in [1.29, 1.82) is 0 Å². The summed E-state index contributed by atoms with van der Waals surface area (Å²) in [7, 11) is 0. The van der Waals surface area contributed by atoms with Crippen LogP contribution in [0.5, 0.6) is 0 Å². The zero-order chi connectivity index (χ0) is 16.5. The molecule has 1 aromatic heterocycles. The molecule has 0 unspecified atom stereocenters. The summed E-state index contributed by atoms with van der Waals surface area (Å²) in [5.41, 5.74) is 4.15. The van der Waals surface area contributed by atoms with Gasteiger partial charge in [0.25, 0.3) is 0 Å². The minimum absolute atomic E-state index is 0.536. The summed E-state index contributed by atoms with van der Waals surface area (Å²) in [4.78, 5) is 0. The molecule has 1 heterocycles. The highest BCUT2D eigenvalue weighted by atomic mass is 32.2. The first kappa shape index (κ1) is 18.9. The van der Waals surface area contributed by atoms with Gasteiger partial charge in [0.15, 0.2) is 0 Å². The van der Waals surface area contributed by atoms with Crippen molar-refractivity contribution < 1.29 is 0 Å². The fourth-order valence-electron chi connectivity index (χ4n) is 2.62. The molecule has 1 nitrogen and oxygen atoms in total. The third kappa shape index (κ3) is 5.27. The van der Waals surface area contributed by atoms with Gasteiger partial charge in [0, 0.05) is 23.7 Å². The van der Waals surface area contributed by atoms with Crippen LogP contribution in [0.25, 0.3) is 11.3 Å².